The van der Waals surface area contributed by atoms with E-state index in [2.05, 4.69) is 39.8 Å². The second-order valence-corrected chi connectivity index (χ2v) is 6.11. The minimum atomic E-state index is -2.67. The summed E-state index contributed by atoms with van der Waals surface area (Å²) in [5.41, 5.74) is 2.19. The fourth-order valence-corrected chi connectivity index (χ4v) is 2.40. The van der Waals surface area contributed by atoms with Gasteiger partial charge in [-0.05, 0) is 44.1 Å². The summed E-state index contributed by atoms with van der Waals surface area (Å²) in [7, 11) is 1.93. The second kappa shape index (κ2) is 11.1. The lowest BCUT2D eigenvalue weighted by Crippen LogP contribution is -2.13. The molecule has 2 heterocycles. The van der Waals surface area contributed by atoms with Crippen LogP contribution in [0.15, 0.2) is 54.5 Å². The minimum Gasteiger partial charge on any atom is -0.320 e. The lowest BCUT2D eigenvalue weighted by molar-refractivity contribution is -0.115. The first-order chi connectivity index (χ1) is 13.5. The average Bonchev–Trinajstić information content (AvgIpc) is 3.20. The smallest absolute Gasteiger partial charge is 0.320 e. The van der Waals surface area contributed by atoms with Gasteiger partial charge in [0.15, 0.2) is 0 Å². The molecule has 0 saturated heterocycles. The molecule has 0 atom stereocenters. The van der Waals surface area contributed by atoms with E-state index >= 15 is 0 Å². The summed E-state index contributed by atoms with van der Waals surface area (Å²) < 4.78 is 25.6. The van der Waals surface area contributed by atoms with Crippen molar-refractivity contribution in [1.29, 1.82) is 0 Å². The van der Waals surface area contributed by atoms with Crippen LogP contribution in [0.2, 0.25) is 0 Å². The predicted molar refractivity (Wildman–Crippen MR) is 106 cm³/mol. The number of pyridine rings is 1. The normalized spacial score (nSPS) is 13.0. The Labute approximate surface area is 163 Å². The highest BCUT2D eigenvalue weighted by molar-refractivity contribution is 5.91. The van der Waals surface area contributed by atoms with Gasteiger partial charge in [0.1, 0.15) is 5.82 Å². The molecular weight excluding hydrogens is 364 g/mol. The van der Waals surface area contributed by atoms with Gasteiger partial charge in [0.25, 0.3) is 0 Å². The lowest BCUT2D eigenvalue weighted by Gasteiger charge is -2.08. The summed E-state index contributed by atoms with van der Waals surface area (Å²) in [6.07, 6.45) is 12.5. The Bertz CT molecular complexity index is 810. The number of nitrogens with zero attached hydrogens (tertiary/aromatic N) is 3. The maximum Gasteiger partial charge on any atom is 0.333 e. The summed E-state index contributed by atoms with van der Waals surface area (Å²) in [6, 6.07) is 3.34. The summed E-state index contributed by atoms with van der Waals surface area (Å²) in [5, 5.41) is 9.24. The van der Waals surface area contributed by atoms with Crippen molar-refractivity contribution < 1.29 is 13.6 Å². The zero-order chi connectivity index (χ0) is 20.4. The van der Waals surface area contributed by atoms with E-state index in [-0.39, 0.29) is 5.91 Å². The molecule has 1 amide bonds. The van der Waals surface area contributed by atoms with E-state index in [1.54, 1.807) is 12.1 Å². The van der Waals surface area contributed by atoms with Crippen LogP contribution >= 0.6 is 0 Å². The van der Waals surface area contributed by atoms with Crippen LogP contribution in [0.1, 0.15) is 32.7 Å². The van der Waals surface area contributed by atoms with Gasteiger partial charge in [-0.2, -0.15) is 13.9 Å². The molecule has 0 unspecified atom stereocenters. The molecule has 0 aliphatic heterocycles. The highest BCUT2D eigenvalue weighted by atomic mass is 19.3. The van der Waals surface area contributed by atoms with Gasteiger partial charge in [-0.3, -0.25) is 4.79 Å². The van der Waals surface area contributed by atoms with Crippen LogP contribution in [-0.2, 0) is 4.79 Å². The number of carbonyl (C=O) groups is 1. The molecule has 0 spiro atoms. The van der Waals surface area contributed by atoms with Gasteiger partial charge in [-0.1, -0.05) is 25.2 Å². The maximum absolute atomic E-state index is 12.5. The van der Waals surface area contributed by atoms with E-state index in [4.69, 9.17) is 0 Å². The third kappa shape index (κ3) is 6.70. The molecule has 1 aliphatic rings. The Hall–Kier alpha value is -2.87. The second-order valence-electron chi connectivity index (χ2n) is 6.11. The van der Waals surface area contributed by atoms with Crippen molar-refractivity contribution in [2.24, 2.45) is 0 Å². The number of carbonyl (C=O) groups excluding carboxylic acids is 1. The van der Waals surface area contributed by atoms with Crippen molar-refractivity contribution in [3.8, 4) is 11.1 Å². The number of anilines is 1. The Balaban J connectivity index is 0.000000640. The first-order valence-electron chi connectivity index (χ1n) is 9.12. The van der Waals surface area contributed by atoms with E-state index in [1.165, 1.54) is 18.6 Å². The number of hydrogen-bond donors (Lipinski definition) is 2. The molecule has 150 valence electrons. The molecule has 3 rings (SSSR count). The standard InChI is InChI=1S/C17H16F2N4O.C3H9N/c18-17(19)23-11-14(10-21-23)13-6-7-15(20-9-13)22-16(24)8-12-4-2-1-3-5-12;1-3-4-2/h2,4-7,9-11,17H,1,3,8H2,(H,20,22,24);4H,3H2,1-2H3. The van der Waals surface area contributed by atoms with Gasteiger partial charge in [0.05, 0.1) is 12.6 Å². The molecule has 2 aromatic rings. The van der Waals surface area contributed by atoms with Crippen LogP contribution in [0.3, 0.4) is 0 Å². The molecule has 0 fully saturated rings. The molecule has 2 aromatic heterocycles. The van der Waals surface area contributed by atoms with Crippen LogP contribution in [0.25, 0.3) is 11.1 Å². The van der Waals surface area contributed by atoms with Gasteiger partial charge in [-0.25, -0.2) is 9.67 Å². The molecule has 8 heteroatoms. The number of allylic oxidation sites excluding steroid dienone is 3. The Morgan fingerprint density at radius 3 is 2.57 bits per heavy atom. The van der Waals surface area contributed by atoms with Crippen molar-refractivity contribution in [3.63, 3.8) is 0 Å². The van der Waals surface area contributed by atoms with Crippen molar-refractivity contribution in [2.45, 2.75) is 32.7 Å². The number of hydrogen-bond acceptors (Lipinski definition) is 4. The molecule has 6 nitrogen and oxygen atoms in total. The van der Waals surface area contributed by atoms with Gasteiger partial charge in [-0.15, -0.1) is 0 Å². The predicted octanol–water partition coefficient (Wildman–Crippen LogP) is 4.17. The number of amides is 1. The van der Waals surface area contributed by atoms with E-state index < -0.39 is 6.55 Å². The fourth-order valence-electron chi connectivity index (χ4n) is 2.40. The quantitative estimate of drug-likeness (QED) is 0.778. The van der Waals surface area contributed by atoms with Gasteiger partial charge < -0.3 is 10.6 Å². The largest absolute Gasteiger partial charge is 0.333 e. The van der Waals surface area contributed by atoms with E-state index in [9.17, 15) is 13.6 Å². The Kier molecular flexibility index (Phi) is 8.48. The van der Waals surface area contributed by atoms with Crippen molar-refractivity contribution in [1.82, 2.24) is 20.1 Å². The van der Waals surface area contributed by atoms with Crippen molar-refractivity contribution in [2.75, 3.05) is 18.9 Å². The molecule has 0 radical (unpaired) electrons. The monoisotopic (exact) mass is 389 g/mol. The zero-order valence-corrected chi connectivity index (χ0v) is 16.0. The molecule has 28 heavy (non-hydrogen) atoms. The van der Waals surface area contributed by atoms with Gasteiger partial charge >= 0.3 is 6.55 Å². The topological polar surface area (TPSA) is 71.8 Å². The summed E-state index contributed by atoms with van der Waals surface area (Å²) in [4.78, 5) is 16.1. The van der Waals surface area contributed by atoms with E-state index in [0.29, 0.717) is 28.0 Å². The fraction of sp³-hybridized carbons (Fsp3) is 0.350. The average molecular weight is 389 g/mol. The molecule has 1 aliphatic carbocycles. The first-order valence-corrected chi connectivity index (χ1v) is 9.12. The third-order valence-electron chi connectivity index (χ3n) is 3.96. The zero-order valence-electron chi connectivity index (χ0n) is 16.0. The molecule has 0 aromatic carbocycles. The number of aromatic nitrogens is 3. The SMILES string of the molecule is CCNC.O=C(CC1=CCCC=C1)Nc1ccc(-c2cnn(C(F)F)c2)cn1. The maximum atomic E-state index is 12.5. The highest BCUT2D eigenvalue weighted by Gasteiger charge is 2.10. The van der Waals surface area contributed by atoms with Crippen molar-refractivity contribution >= 4 is 11.7 Å². The van der Waals surface area contributed by atoms with E-state index in [1.807, 2.05) is 13.1 Å². The minimum absolute atomic E-state index is 0.140. The molecule has 0 bridgehead atoms. The van der Waals surface area contributed by atoms with Crippen LogP contribution < -0.4 is 10.6 Å². The third-order valence-corrected chi connectivity index (χ3v) is 3.96. The molecular formula is C20H25F2N5O. The van der Waals surface area contributed by atoms with Gasteiger partial charge in [0.2, 0.25) is 5.91 Å². The highest BCUT2D eigenvalue weighted by Crippen LogP contribution is 2.21. The Morgan fingerprint density at radius 2 is 2.04 bits per heavy atom. The molecule has 2 N–H and O–H groups in total. The Morgan fingerprint density at radius 1 is 1.25 bits per heavy atom. The van der Waals surface area contributed by atoms with Crippen molar-refractivity contribution in [3.05, 3.63) is 54.5 Å². The van der Waals surface area contributed by atoms with Crippen LogP contribution in [0.4, 0.5) is 14.6 Å². The summed E-state index contributed by atoms with van der Waals surface area (Å²) >= 11 is 0. The first kappa shape index (κ1) is 21.4. The number of alkyl halides is 2. The van der Waals surface area contributed by atoms with Gasteiger partial charge in [0, 0.05) is 23.5 Å². The summed E-state index contributed by atoms with van der Waals surface area (Å²) in [6.45, 7) is 0.466. The van der Waals surface area contributed by atoms with Crippen LogP contribution in [0, 0.1) is 0 Å². The molecule has 0 saturated carbocycles. The number of rotatable bonds is 6. The number of nitrogens with one attached hydrogen (secondary N) is 2. The van der Waals surface area contributed by atoms with Crippen LogP contribution in [-0.4, -0.2) is 34.3 Å². The van der Waals surface area contributed by atoms with E-state index in [0.717, 1.165) is 25.0 Å². The summed E-state index contributed by atoms with van der Waals surface area (Å²) in [5.74, 6) is 0.281. The number of halogens is 2. The lowest BCUT2D eigenvalue weighted by atomic mass is 10.0. The van der Waals surface area contributed by atoms with Crippen LogP contribution in [0.5, 0.6) is 0 Å².